The fourth-order valence-electron chi connectivity index (χ4n) is 1.35. The van der Waals surface area contributed by atoms with Crippen LogP contribution in [0, 0.1) is 0 Å². The van der Waals surface area contributed by atoms with Crippen LogP contribution in [0.2, 0.25) is 0 Å². The lowest BCUT2D eigenvalue weighted by Gasteiger charge is -2.02. The molecule has 0 saturated heterocycles. The highest BCUT2D eigenvalue weighted by molar-refractivity contribution is 7.85. The van der Waals surface area contributed by atoms with Crippen molar-refractivity contribution in [3.63, 3.8) is 0 Å². The molecule has 2 aromatic rings. The molecule has 18 heavy (non-hydrogen) atoms. The van der Waals surface area contributed by atoms with Gasteiger partial charge >= 0.3 is 0 Å². The summed E-state index contributed by atoms with van der Waals surface area (Å²) in [6, 6.07) is 1.73. The highest BCUT2D eigenvalue weighted by Crippen LogP contribution is 2.11. The van der Waals surface area contributed by atoms with Crippen LogP contribution < -0.4 is 4.68 Å². The summed E-state index contributed by atoms with van der Waals surface area (Å²) in [6.07, 6.45) is 4.88. The van der Waals surface area contributed by atoms with Crippen molar-refractivity contribution in [2.75, 3.05) is 5.75 Å². The Balaban J connectivity index is 2.10. The highest BCUT2D eigenvalue weighted by atomic mass is 32.2. The van der Waals surface area contributed by atoms with E-state index in [4.69, 9.17) is 0 Å². The Morgan fingerprint density at radius 3 is 2.78 bits per heavy atom. The Morgan fingerprint density at radius 2 is 2.28 bits per heavy atom. The van der Waals surface area contributed by atoms with Crippen molar-refractivity contribution in [2.45, 2.75) is 6.54 Å². The predicted molar refractivity (Wildman–Crippen MR) is 59.0 cm³/mol. The third-order valence-electron chi connectivity index (χ3n) is 2.24. The summed E-state index contributed by atoms with van der Waals surface area (Å²) < 4.78 is 34.4. The van der Waals surface area contributed by atoms with Gasteiger partial charge < -0.3 is 4.55 Å². The van der Waals surface area contributed by atoms with Crippen LogP contribution in [0.5, 0.6) is 0 Å². The Hall–Kier alpha value is -1.87. The monoisotopic (exact) mass is 269 g/mol. The van der Waals surface area contributed by atoms with E-state index in [9.17, 15) is 13.0 Å². The quantitative estimate of drug-likeness (QED) is 0.505. The maximum absolute atomic E-state index is 10.5. The number of aryl methyl sites for hydroxylation is 2. The van der Waals surface area contributed by atoms with Crippen LogP contribution in [0.4, 0.5) is 0 Å². The molecule has 0 aliphatic carbocycles. The largest absolute Gasteiger partial charge is 0.748 e. The molecule has 0 spiro atoms. The summed E-state index contributed by atoms with van der Waals surface area (Å²) in [5.74, 6) is -0.477. The zero-order valence-corrected chi connectivity index (χ0v) is 10.4. The standard InChI is InChI=1S/C9H11N5O3S/c1-13-7-9(11-12-13)8-2-3-14(10-6-8)4-5-18(15,16)17/h2-3,6-7H,4-5H2,1H3. The average molecular weight is 269 g/mol. The number of hydrogen-bond acceptors (Lipinski definition) is 6. The first-order chi connectivity index (χ1) is 8.44. The molecule has 0 N–H and O–H groups in total. The molecule has 9 heteroatoms. The van der Waals surface area contributed by atoms with Gasteiger partial charge in [0.25, 0.3) is 0 Å². The lowest BCUT2D eigenvalue weighted by atomic mass is 10.2. The van der Waals surface area contributed by atoms with Crippen molar-refractivity contribution >= 4 is 10.1 Å². The van der Waals surface area contributed by atoms with Gasteiger partial charge in [0.05, 0.1) is 11.9 Å². The maximum Gasteiger partial charge on any atom is 0.197 e. The lowest BCUT2D eigenvalue weighted by Crippen LogP contribution is -2.40. The van der Waals surface area contributed by atoms with Gasteiger partial charge in [0.2, 0.25) is 0 Å². The third kappa shape index (κ3) is 3.31. The van der Waals surface area contributed by atoms with Gasteiger partial charge in [-0.3, -0.25) is 4.68 Å². The molecule has 0 atom stereocenters. The summed E-state index contributed by atoms with van der Waals surface area (Å²) in [7, 11) is -2.46. The molecule has 96 valence electrons. The van der Waals surface area contributed by atoms with E-state index >= 15 is 0 Å². The minimum Gasteiger partial charge on any atom is -0.748 e. The first kappa shape index (κ1) is 12.6. The van der Waals surface area contributed by atoms with Crippen molar-refractivity contribution in [3.8, 4) is 11.3 Å². The van der Waals surface area contributed by atoms with E-state index in [1.54, 1.807) is 36.4 Å². The molecule has 0 bridgehead atoms. The second-order valence-electron chi connectivity index (χ2n) is 3.72. The molecule has 0 fully saturated rings. The van der Waals surface area contributed by atoms with Crippen LogP contribution >= 0.6 is 0 Å². The minimum absolute atomic E-state index is 0.0343. The molecule has 2 aromatic heterocycles. The van der Waals surface area contributed by atoms with Crippen LogP contribution in [0.1, 0.15) is 0 Å². The summed E-state index contributed by atoms with van der Waals surface area (Å²) in [6.45, 7) is 0.0343. The summed E-state index contributed by atoms with van der Waals surface area (Å²) in [5, 5.41) is 11.7. The SMILES string of the molecule is Cn1cc(-c2cc[n+](CCS(=O)(=O)[O-])nc2)nn1. The molecule has 0 unspecified atom stereocenters. The average Bonchev–Trinajstić information content (AvgIpc) is 2.73. The van der Waals surface area contributed by atoms with Gasteiger partial charge in [0.1, 0.15) is 22.0 Å². The van der Waals surface area contributed by atoms with E-state index in [0.717, 1.165) is 5.56 Å². The van der Waals surface area contributed by atoms with Gasteiger partial charge in [0, 0.05) is 18.7 Å². The zero-order valence-electron chi connectivity index (χ0n) is 9.59. The Kier molecular flexibility index (Phi) is 3.34. The number of hydrogen-bond donors (Lipinski definition) is 0. The Labute approximate surface area is 104 Å². The lowest BCUT2D eigenvalue weighted by molar-refractivity contribution is -0.750. The maximum atomic E-state index is 10.5. The molecule has 8 nitrogen and oxygen atoms in total. The van der Waals surface area contributed by atoms with Gasteiger partial charge in [-0.25, -0.2) is 8.42 Å². The third-order valence-corrected chi connectivity index (χ3v) is 2.92. The van der Waals surface area contributed by atoms with E-state index in [2.05, 4.69) is 15.4 Å². The summed E-state index contributed by atoms with van der Waals surface area (Å²) >= 11 is 0. The van der Waals surface area contributed by atoms with Gasteiger partial charge in [0.15, 0.2) is 12.7 Å². The van der Waals surface area contributed by atoms with Gasteiger partial charge in [-0.15, -0.1) is 5.10 Å². The number of nitrogens with zero attached hydrogens (tertiary/aromatic N) is 5. The van der Waals surface area contributed by atoms with Crippen LogP contribution in [0.3, 0.4) is 0 Å². The van der Waals surface area contributed by atoms with Gasteiger partial charge in [-0.1, -0.05) is 9.90 Å². The zero-order chi connectivity index (χ0) is 13.2. The fourth-order valence-corrected chi connectivity index (χ4v) is 1.76. The molecule has 0 aliphatic rings. The number of rotatable bonds is 4. The van der Waals surface area contributed by atoms with Gasteiger partial charge in [-0.2, -0.15) is 0 Å². The topological polar surface area (TPSA) is 105 Å². The molecule has 0 radical (unpaired) electrons. The normalized spacial score (nSPS) is 11.7. The molecule has 0 aliphatic heterocycles. The second kappa shape index (κ2) is 4.78. The molecule has 0 saturated carbocycles. The highest BCUT2D eigenvalue weighted by Gasteiger charge is 2.08. The molecular weight excluding hydrogens is 258 g/mol. The predicted octanol–water partition coefficient (Wildman–Crippen LogP) is -1.29. The molecule has 2 rings (SSSR count). The van der Waals surface area contributed by atoms with Crippen molar-refractivity contribution in [1.29, 1.82) is 0 Å². The van der Waals surface area contributed by atoms with Crippen LogP contribution in [-0.2, 0) is 23.7 Å². The van der Waals surface area contributed by atoms with Crippen molar-refractivity contribution in [3.05, 3.63) is 24.7 Å². The first-order valence-electron chi connectivity index (χ1n) is 5.10. The molecular formula is C9H11N5O3S. The molecule has 0 amide bonds. The Bertz CT molecular complexity index is 634. The summed E-state index contributed by atoms with van der Waals surface area (Å²) in [4.78, 5) is 0. The van der Waals surface area contributed by atoms with E-state index in [0.29, 0.717) is 5.69 Å². The van der Waals surface area contributed by atoms with Gasteiger partial charge in [-0.05, 0) is 5.10 Å². The molecule has 2 heterocycles. The first-order valence-corrected chi connectivity index (χ1v) is 6.68. The van der Waals surface area contributed by atoms with Crippen LogP contribution in [-0.4, -0.2) is 38.8 Å². The summed E-state index contributed by atoms with van der Waals surface area (Å²) in [5.41, 5.74) is 1.44. The van der Waals surface area contributed by atoms with E-state index in [-0.39, 0.29) is 6.54 Å². The molecule has 0 aromatic carbocycles. The minimum atomic E-state index is -4.22. The van der Waals surface area contributed by atoms with Crippen LogP contribution in [0.15, 0.2) is 24.7 Å². The van der Waals surface area contributed by atoms with E-state index < -0.39 is 15.9 Å². The smallest absolute Gasteiger partial charge is 0.197 e. The second-order valence-corrected chi connectivity index (χ2v) is 5.24. The van der Waals surface area contributed by atoms with Crippen LogP contribution in [0.25, 0.3) is 11.3 Å². The fraction of sp³-hybridized carbons (Fsp3) is 0.333. The Morgan fingerprint density at radius 1 is 1.50 bits per heavy atom. The van der Waals surface area contributed by atoms with Crippen molar-refractivity contribution in [1.82, 2.24) is 20.1 Å². The van der Waals surface area contributed by atoms with Crippen molar-refractivity contribution in [2.24, 2.45) is 7.05 Å². The van der Waals surface area contributed by atoms with E-state index in [1.165, 1.54) is 4.68 Å². The van der Waals surface area contributed by atoms with E-state index in [1.807, 2.05) is 0 Å². The van der Waals surface area contributed by atoms with Crippen molar-refractivity contribution < 1.29 is 17.7 Å². The number of aromatic nitrogens is 5.